The Hall–Kier alpha value is -0.630. The summed E-state index contributed by atoms with van der Waals surface area (Å²) in [6.07, 6.45) is 1.02. The Labute approximate surface area is 128 Å². The first-order chi connectivity index (χ1) is 9.26. The van der Waals surface area contributed by atoms with Crippen molar-refractivity contribution in [1.29, 1.82) is 0 Å². The van der Waals surface area contributed by atoms with Crippen LogP contribution in [-0.2, 0) is 10.2 Å². The van der Waals surface area contributed by atoms with Crippen molar-refractivity contribution in [3.63, 3.8) is 0 Å². The molecule has 0 spiro atoms. The van der Waals surface area contributed by atoms with E-state index in [0.29, 0.717) is 24.9 Å². The third-order valence-electron chi connectivity index (χ3n) is 3.08. The van der Waals surface area contributed by atoms with Gasteiger partial charge in [0.15, 0.2) is 0 Å². The molecule has 1 aromatic heterocycles. The molecular weight excluding hydrogens is 323 g/mol. The quantitative estimate of drug-likeness (QED) is 0.678. The number of hydrogen-bond donors (Lipinski definition) is 1. The molecule has 0 bridgehead atoms. The third kappa shape index (κ3) is 3.94. The van der Waals surface area contributed by atoms with Crippen molar-refractivity contribution in [2.75, 3.05) is 17.8 Å². The van der Waals surface area contributed by atoms with Crippen molar-refractivity contribution >= 4 is 39.2 Å². The number of aromatic nitrogens is 2. The van der Waals surface area contributed by atoms with Gasteiger partial charge >= 0.3 is 10.2 Å². The van der Waals surface area contributed by atoms with Crippen LogP contribution in [0.4, 0.5) is 5.82 Å². The van der Waals surface area contributed by atoms with Gasteiger partial charge in [-0.05, 0) is 29.9 Å². The monoisotopic (exact) mass is 338 g/mol. The highest BCUT2D eigenvalue weighted by molar-refractivity contribution is 7.90. The number of nitrogens with zero attached hydrogens (tertiary/aromatic N) is 3. The van der Waals surface area contributed by atoms with Crippen LogP contribution < -0.4 is 4.72 Å². The molecule has 9 heteroatoms. The Kier molecular flexibility index (Phi) is 4.73. The lowest BCUT2D eigenvalue weighted by Gasteiger charge is -2.33. The largest absolute Gasteiger partial charge is 0.302 e. The first kappa shape index (κ1) is 15.8. The van der Waals surface area contributed by atoms with E-state index < -0.39 is 10.2 Å². The van der Waals surface area contributed by atoms with Gasteiger partial charge in [-0.2, -0.15) is 17.7 Å². The number of rotatable bonds is 3. The predicted octanol–water partition coefficient (Wildman–Crippen LogP) is 2.42. The van der Waals surface area contributed by atoms with Crippen molar-refractivity contribution < 1.29 is 8.42 Å². The van der Waals surface area contributed by atoms with Gasteiger partial charge in [-0.3, -0.25) is 4.72 Å². The second-order valence-electron chi connectivity index (χ2n) is 5.22. The first-order valence-corrected chi connectivity index (χ1v) is 8.44. The summed E-state index contributed by atoms with van der Waals surface area (Å²) in [6, 6.07) is 1.32. The molecule has 112 valence electrons. The van der Waals surface area contributed by atoms with Gasteiger partial charge in [0.1, 0.15) is 11.0 Å². The summed E-state index contributed by atoms with van der Waals surface area (Å²) in [5.41, 5.74) is 0. The molecule has 1 N–H and O–H groups in total. The Morgan fingerprint density at radius 2 is 1.85 bits per heavy atom. The molecule has 2 heterocycles. The van der Waals surface area contributed by atoms with Crippen molar-refractivity contribution in [2.24, 2.45) is 11.8 Å². The van der Waals surface area contributed by atoms with Crippen LogP contribution in [0.25, 0.3) is 0 Å². The number of anilines is 1. The summed E-state index contributed by atoms with van der Waals surface area (Å²) in [7, 11) is -3.66. The molecule has 0 saturated carbocycles. The van der Waals surface area contributed by atoms with E-state index in [1.807, 2.05) is 13.8 Å². The highest BCUT2D eigenvalue weighted by Gasteiger charge is 2.30. The van der Waals surface area contributed by atoms with E-state index in [0.717, 1.165) is 6.42 Å². The molecule has 2 unspecified atom stereocenters. The molecule has 1 saturated heterocycles. The van der Waals surface area contributed by atoms with E-state index in [1.165, 1.54) is 10.4 Å². The number of hydrogen-bond acceptors (Lipinski definition) is 4. The fourth-order valence-electron chi connectivity index (χ4n) is 2.44. The zero-order chi connectivity index (χ0) is 14.9. The van der Waals surface area contributed by atoms with Crippen LogP contribution in [0, 0.1) is 11.8 Å². The molecular formula is C11H16Cl2N4O2S. The molecule has 0 radical (unpaired) electrons. The van der Waals surface area contributed by atoms with Crippen molar-refractivity contribution in [3.8, 4) is 0 Å². The van der Waals surface area contributed by atoms with Crippen molar-refractivity contribution in [2.45, 2.75) is 20.3 Å². The summed E-state index contributed by atoms with van der Waals surface area (Å²) < 4.78 is 28.5. The SMILES string of the molecule is CC1CC(C)CN(S(=O)(=O)Nc2cc(Cl)nc(Cl)n2)C1. The van der Waals surface area contributed by atoms with E-state index in [2.05, 4.69) is 14.7 Å². The van der Waals surface area contributed by atoms with E-state index in [9.17, 15) is 8.42 Å². The van der Waals surface area contributed by atoms with Crippen LogP contribution in [-0.4, -0.2) is 35.8 Å². The second kappa shape index (κ2) is 6.01. The van der Waals surface area contributed by atoms with Crippen LogP contribution >= 0.6 is 23.2 Å². The summed E-state index contributed by atoms with van der Waals surface area (Å²) >= 11 is 11.4. The average Bonchev–Trinajstić information content (AvgIpc) is 2.25. The summed E-state index contributed by atoms with van der Waals surface area (Å²) in [6.45, 7) is 5.06. The average molecular weight is 339 g/mol. The minimum Gasteiger partial charge on any atom is -0.254 e. The molecule has 1 fully saturated rings. The summed E-state index contributed by atoms with van der Waals surface area (Å²) in [5, 5.41) is -0.0151. The molecule has 1 aliphatic heterocycles. The Bertz CT molecular complexity index is 566. The van der Waals surface area contributed by atoms with Crippen molar-refractivity contribution in [1.82, 2.24) is 14.3 Å². The van der Waals surface area contributed by atoms with Crippen LogP contribution in [0.15, 0.2) is 6.07 Å². The van der Waals surface area contributed by atoms with Crippen LogP contribution in [0.3, 0.4) is 0 Å². The fourth-order valence-corrected chi connectivity index (χ4v) is 4.25. The van der Waals surface area contributed by atoms with Gasteiger partial charge < -0.3 is 0 Å². The standard InChI is InChI=1S/C11H16Cl2N4O2S/c1-7-3-8(2)6-17(5-7)20(18,19)16-10-4-9(12)14-11(13)15-10/h4,7-8H,3,5-6H2,1-2H3,(H,14,15,16). The highest BCUT2D eigenvalue weighted by atomic mass is 35.5. The maximum Gasteiger partial charge on any atom is 0.302 e. The Balaban J connectivity index is 2.18. The van der Waals surface area contributed by atoms with Crippen molar-refractivity contribution in [3.05, 3.63) is 16.5 Å². The molecule has 1 aliphatic rings. The smallest absolute Gasteiger partial charge is 0.254 e. The third-order valence-corrected chi connectivity index (χ3v) is 4.88. The van der Waals surface area contributed by atoms with Crippen LogP contribution in [0.2, 0.25) is 10.4 Å². The topological polar surface area (TPSA) is 75.2 Å². The van der Waals surface area contributed by atoms with Gasteiger partial charge in [-0.25, -0.2) is 4.98 Å². The number of halogens is 2. The zero-order valence-corrected chi connectivity index (χ0v) is 13.5. The Morgan fingerprint density at radius 3 is 2.40 bits per heavy atom. The molecule has 0 aliphatic carbocycles. The van der Waals surface area contributed by atoms with Gasteiger partial charge in [-0.1, -0.05) is 25.4 Å². The number of piperidine rings is 1. The summed E-state index contributed by atoms with van der Waals surface area (Å²) in [5.74, 6) is 0.724. The lowest BCUT2D eigenvalue weighted by molar-refractivity contribution is 0.223. The predicted molar refractivity (Wildman–Crippen MR) is 79.1 cm³/mol. The maximum absolute atomic E-state index is 12.3. The van der Waals surface area contributed by atoms with E-state index in [4.69, 9.17) is 23.2 Å². The van der Waals surface area contributed by atoms with E-state index in [1.54, 1.807) is 0 Å². The zero-order valence-electron chi connectivity index (χ0n) is 11.2. The molecule has 6 nitrogen and oxygen atoms in total. The van der Waals surface area contributed by atoms with Crippen LogP contribution in [0.1, 0.15) is 20.3 Å². The minimum absolute atomic E-state index is 0.0703. The van der Waals surface area contributed by atoms with Gasteiger partial charge in [-0.15, -0.1) is 0 Å². The van der Waals surface area contributed by atoms with Crippen LogP contribution in [0.5, 0.6) is 0 Å². The van der Waals surface area contributed by atoms with E-state index >= 15 is 0 Å². The molecule has 1 aromatic rings. The van der Waals surface area contributed by atoms with Gasteiger partial charge in [0.05, 0.1) is 0 Å². The van der Waals surface area contributed by atoms with Gasteiger partial charge in [0.2, 0.25) is 5.28 Å². The first-order valence-electron chi connectivity index (χ1n) is 6.24. The minimum atomic E-state index is -3.66. The summed E-state index contributed by atoms with van der Waals surface area (Å²) in [4.78, 5) is 7.48. The van der Waals surface area contributed by atoms with Gasteiger partial charge in [0, 0.05) is 19.2 Å². The normalized spacial score (nSPS) is 24.6. The van der Waals surface area contributed by atoms with Gasteiger partial charge in [0.25, 0.3) is 0 Å². The number of nitrogens with one attached hydrogen (secondary N) is 1. The lowest BCUT2D eigenvalue weighted by atomic mass is 9.94. The fraction of sp³-hybridized carbons (Fsp3) is 0.636. The lowest BCUT2D eigenvalue weighted by Crippen LogP contribution is -2.45. The molecule has 20 heavy (non-hydrogen) atoms. The second-order valence-corrected chi connectivity index (χ2v) is 7.61. The molecule has 0 aromatic carbocycles. The Morgan fingerprint density at radius 1 is 1.25 bits per heavy atom. The van der Waals surface area contributed by atoms with E-state index in [-0.39, 0.29) is 16.3 Å². The molecule has 2 atom stereocenters. The molecule has 2 rings (SSSR count). The highest BCUT2D eigenvalue weighted by Crippen LogP contribution is 2.24. The maximum atomic E-state index is 12.3. The molecule has 0 amide bonds.